The number of rotatable bonds is 5. The number of hydrogen-bond acceptors (Lipinski definition) is 2. The van der Waals surface area contributed by atoms with Crippen LogP contribution in [0.3, 0.4) is 0 Å². The van der Waals surface area contributed by atoms with Gasteiger partial charge in [0.1, 0.15) is 5.75 Å². The van der Waals surface area contributed by atoms with Crippen LogP contribution < -0.4 is 9.46 Å². The Morgan fingerprint density at radius 2 is 1.94 bits per heavy atom. The highest BCUT2D eigenvalue weighted by atomic mass is 32.2. The van der Waals surface area contributed by atoms with Crippen molar-refractivity contribution in [2.75, 3.05) is 7.11 Å². The molecule has 0 spiro atoms. The molecule has 1 fully saturated rings. The van der Waals surface area contributed by atoms with Gasteiger partial charge in [-0.25, -0.2) is 8.93 Å². The van der Waals surface area contributed by atoms with Gasteiger partial charge in [-0.05, 0) is 30.5 Å². The summed E-state index contributed by atoms with van der Waals surface area (Å²) in [5.74, 6) is 0.852. The molecule has 0 radical (unpaired) electrons. The lowest BCUT2D eigenvalue weighted by Crippen LogP contribution is -2.25. The second kappa shape index (κ2) is 6.17. The van der Waals surface area contributed by atoms with Crippen molar-refractivity contribution in [1.82, 2.24) is 4.72 Å². The van der Waals surface area contributed by atoms with E-state index in [4.69, 9.17) is 4.74 Å². The number of methoxy groups -OCH3 is 1. The Kier molecular flexibility index (Phi) is 4.57. The number of benzene rings is 1. The summed E-state index contributed by atoms with van der Waals surface area (Å²) in [6.45, 7) is 0.660. The average Bonchev–Trinajstić information content (AvgIpc) is 2.90. The minimum absolute atomic E-state index is 0.355. The van der Waals surface area contributed by atoms with Crippen molar-refractivity contribution in [1.29, 1.82) is 0 Å². The fourth-order valence-electron chi connectivity index (χ4n) is 2.12. The maximum absolute atomic E-state index is 11.9. The molecule has 0 aromatic heterocycles. The van der Waals surface area contributed by atoms with Crippen LogP contribution in [-0.4, -0.2) is 16.6 Å². The highest BCUT2D eigenvalue weighted by Gasteiger charge is 2.20. The summed E-state index contributed by atoms with van der Waals surface area (Å²) in [7, 11) is 0.771. The molecule has 3 nitrogen and oxygen atoms in total. The Labute approximate surface area is 105 Å². The fraction of sp³-hybridized carbons (Fsp3) is 0.538. The van der Waals surface area contributed by atoms with Crippen LogP contribution in [-0.2, 0) is 17.5 Å². The van der Waals surface area contributed by atoms with Gasteiger partial charge in [-0.2, -0.15) is 0 Å². The predicted molar refractivity (Wildman–Crippen MR) is 70.2 cm³/mol. The summed E-state index contributed by atoms with van der Waals surface area (Å²) in [6, 6.07) is 7.85. The summed E-state index contributed by atoms with van der Waals surface area (Å²) in [4.78, 5) is 0. The van der Waals surface area contributed by atoms with Crippen molar-refractivity contribution < 1.29 is 8.95 Å². The van der Waals surface area contributed by atoms with E-state index < -0.39 is 11.0 Å². The maximum Gasteiger partial charge on any atom is 0.118 e. The standard InChI is InChI=1S/C13H19NO2S/c1-16-12-8-6-11(7-9-12)10-14-17(15)13-4-2-3-5-13/h6-9,13-14H,2-5,10H2,1H3. The molecule has 1 aliphatic carbocycles. The van der Waals surface area contributed by atoms with E-state index in [0.29, 0.717) is 11.8 Å². The zero-order valence-corrected chi connectivity index (χ0v) is 11.0. The van der Waals surface area contributed by atoms with E-state index in [-0.39, 0.29) is 0 Å². The van der Waals surface area contributed by atoms with Gasteiger partial charge < -0.3 is 4.74 Å². The predicted octanol–water partition coefficient (Wildman–Crippen LogP) is 2.39. The van der Waals surface area contributed by atoms with Crippen molar-refractivity contribution in [2.24, 2.45) is 0 Å². The highest BCUT2D eigenvalue weighted by Crippen LogP contribution is 2.22. The van der Waals surface area contributed by atoms with Crippen LogP contribution in [0.5, 0.6) is 5.75 Å². The van der Waals surface area contributed by atoms with Crippen LogP contribution in [0.15, 0.2) is 24.3 Å². The van der Waals surface area contributed by atoms with Crippen LogP contribution in [0.4, 0.5) is 0 Å². The molecule has 1 aromatic rings. The minimum atomic E-state index is -0.884. The quantitative estimate of drug-likeness (QED) is 0.875. The molecule has 4 heteroatoms. The smallest absolute Gasteiger partial charge is 0.118 e. The van der Waals surface area contributed by atoms with E-state index in [1.54, 1.807) is 7.11 Å². The number of nitrogens with one attached hydrogen (secondary N) is 1. The fourth-order valence-corrected chi connectivity index (χ4v) is 3.42. The molecule has 1 atom stereocenters. The van der Waals surface area contributed by atoms with Crippen LogP contribution >= 0.6 is 0 Å². The Morgan fingerprint density at radius 3 is 2.53 bits per heavy atom. The SMILES string of the molecule is COc1ccc(CNS(=O)C2CCCC2)cc1. The zero-order chi connectivity index (χ0) is 12.1. The first-order valence-electron chi connectivity index (χ1n) is 6.06. The molecular formula is C13H19NO2S. The first-order valence-corrected chi connectivity index (χ1v) is 7.28. The zero-order valence-electron chi connectivity index (χ0n) is 10.1. The Morgan fingerprint density at radius 1 is 1.29 bits per heavy atom. The molecule has 2 rings (SSSR count). The first-order chi connectivity index (χ1) is 8.29. The van der Waals surface area contributed by atoms with Crippen molar-refractivity contribution >= 4 is 11.0 Å². The molecule has 1 aromatic carbocycles. The summed E-state index contributed by atoms with van der Waals surface area (Å²) in [6.07, 6.45) is 4.64. The van der Waals surface area contributed by atoms with Gasteiger partial charge in [-0.3, -0.25) is 0 Å². The van der Waals surface area contributed by atoms with E-state index in [2.05, 4.69) is 4.72 Å². The molecule has 0 aliphatic heterocycles. The lowest BCUT2D eigenvalue weighted by molar-refractivity contribution is 0.414. The van der Waals surface area contributed by atoms with Crippen LogP contribution in [0.2, 0.25) is 0 Å². The van der Waals surface area contributed by atoms with Crippen LogP contribution in [0.1, 0.15) is 31.2 Å². The van der Waals surface area contributed by atoms with Gasteiger partial charge in [-0.1, -0.05) is 25.0 Å². The normalized spacial score (nSPS) is 18.2. The molecular weight excluding hydrogens is 234 g/mol. The molecule has 0 amide bonds. The van der Waals surface area contributed by atoms with E-state index in [0.717, 1.165) is 24.2 Å². The van der Waals surface area contributed by atoms with Gasteiger partial charge in [0, 0.05) is 11.8 Å². The number of hydrogen-bond donors (Lipinski definition) is 1. The van der Waals surface area contributed by atoms with Gasteiger partial charge >= 0.3 is 0 Å². The second-order valence-electron chi connectivity index (χ2n) is 4.37. The van der Waals surface area contributed by atoms with Gasteiger partial charge in [0.15, 0.2) is 0 Å². The van der Waals surface area contributed by atoms with Crippen molar-refractivity contribution in [2.45, 2.75) is 37.5 Å². The largest absolute Gasteiger partial charge is 0.497 e. The van der Waals surface area contributed by atoms with Crippen molar-refractivity contribution in [3.8, 4) is 5.75 Å². The van der Waals surface area contributed by atoms with Gasteiger partial charge in [0.25, 0.3) is 0 Å². The van der Waals surface area contributed by atoms with Crippen molar-refractivity contribution in [3.63, 3.8) is 0 Å². The molecule has 1 unspecified atom stereocenters. The van der Waals surface area contributed by atoms with Gasteiger partial charge in [0.2, 0.25) is 0 Å². The summed E-state index contributed by atoms with van der Waals surface area (Å²) >= 11 is 0. The molecule has 0 saturated heterocycles. The van der Waals surface area contributed by atoms with E-state index in [9.17, 15) is 4.21 Å². The third kappa shape index (κ3) is 3.54. The average molecular weight is 253 g/mol. The van der Waals surface area contributed by atoms with E-state index in [1.165, 1.54) is 12.8 Å². The van der Waals surface area contributed by atoms with Gasteiger partial charge in [-0.15, -0.1) is 0 Å². The summed E-state index contributed by atoms with van der Waals surface area (Å²) < 4.78 is 20.1. The molecule has 17 heavy (non-hydrogen) atoms. The lowest BCUT2D eigenvalue weighted by atomic mass is 10.2. The minimum Gasteiger partial charge on any atom is -0.497 e. The summed E-state index contributed by atoms with van der Waals surface area (Å²) in [5.41, 5.74) is 1.14. The van der Waals surface area contributed by atoms with E-state index in [1.807, 2.05) is 24.3 Å². The molecule has 94 valence electrons. The van der Waals surface area contributed by atoms with Crippen LogP contribution in [0, 0.1) is 0 Å². The third-order valence-corrected chi connectivity index (χ3v) is 4.69. The summed E-state index contributed by atoms with van der Waals surface area (Å²) in [5, 5.41) is 0.355. The molecule has 1 aliphatic rings. The second-order valence-corrected chi connectivity index (χ2v) is 5.92. The third-order valence-electron chi connectivity index (χ3n) is 3.18. The van der Waals surface area contributed by atoms with Crippen molar-refractivity contribution in [3.05, 3.63) is 29.8 Å². The monoisotopic (exact) mass is 253 g/mol. The Balaban J connectivity index is 1.82. The molecule has 0 heterocycles. The molecule has 1 N–H and O–H groups in total. The first kappa shape index (κ1) is 12.6. The molecule has 1 saturated carbocycles. The lowest BCUT2D eigenvalue weighted by Gasteiger charge is -2.10. The van der Waals surface area contributed by atoms with Crippen LogP contribution in [0.25, 0.3) is 0 Å². The van der Waals surface area contributed by atoms with Gasteiger partial charge in [0.05, 0.1) is 18.1 Å². The topological polar surface area (TPSA) is 38.3 Å². The molecule has 0 bridgehead atoms. The Hall–Kier alpha value is -0.870. The maximum atomic E-state index is 11.9. The Bertz CT molecular complexity index is 372. The highest BCUT2D eigenvalue weighted by molar-refractivity contribution is 7.83. The van der Waals surface area contributed by atoms with E-state index >= 15 is 0 Å². The number of ether oxygens (including phenoxy) is 1.